The van der Waals surface area contributed by atoms with Gasteiger partial charge in [-0.05, 0) is 41.8 Å². The molecular formula is C20H21N5O3S. The maximum Gasteiger partial charge on any atom is 0.340 e. The molecule has 2 aromatic heterocycles. The first-order valence-electron chi connectivity index (χ1n) is 9.18. The van der Waals surface area contributed by atoms with E-state index in [2.05, 4.69) is 37.6 Å². The monoisotopic (exact) mass is 411 g/mol. The Bertz CT molecular complexity index is 970. The summed E-state index contributed by atoms with van der Waals surface area (Å²) in [4.78, 5) is 22.9. The second kappa shape index (κ2) is 8.89. The first kappa shape index (κ1) is 19.2. The van der Waals surface area contributed by atoms with Crippen LogP contribution in [0, 0.1) is 0 Å². The fourth-order valence-corrected chi connectivity index (χ4v) is 3.77. The molecule has 1 saturated heterocycles. The van der Waals surface area contributed by atoms with Gasteiger partial charge in [-0.25, -0.2) is 9.78 Å². The summed E-state index contributed by atoms with van der Waals surface area (Å²) in [6.45, 7) is 3.32. The predicted molar refractivity (Wildman–Crippen MR) is 114 cm³/mol. The van der Waals surface area contributed by atoms with Gasteiger partial charge in [0.1, 0.15) is 10.8 Å². The molecule has 8 nitrogen and oxygen atoms in total. The highest BCUT2D eigenvalue weighted by Gasteiger charge is 2.14. The van der Waals surface area contributed by atoms with E-state index in [1.807, 2.05) is 17.5 Å². The van der Waals surface area contributed by atoms with E-state index in [1.165, 1.54) is 24.1 Å². The maximum absolute atomic E-state index is 11.8. The lowest BCUT2D eigenvalue weighted by molar-refractivity contribution is 0.0602. The Morgan fingerprint density at radius 1 is 1.14 bits per heavy atom. The van der Waals surface area contributed by atoms with Crippen LogP contribution in [-0.4, -0.2) is 49.4 Å². The number of morpholine rings is 1. The number of methoxy groups -OCH3 is 1. The van der Waals surface area contributed by atoms with Crippen LogP contribution in [0.2, 0.25) is 0 Å². The third kappa shape index (κ3) is 4.64. The van der Waals surface area contributed by atoms with Gasteiger partial charge in [0.2, 0.25) is 5.95 Å². The van der Waals surface area contributed by atoms with Crippen LogP contribution in [0.1, 0.15) is 10.4 Å². The smallest absolute Gasteiger partial charge is 0.340 e. The summed E-state index contributed by atoms with van der Waals surface area (Å²) in [5, 5.41) is 8.86. The molecule has 150 valence electrons. The van der Waals surface area contributed by atoms with E-state index < -0.39 is 0 Å². The molecule has 2 N–H and O–H groups in total. The molecule has 0 radical (unpaired) electrons. The number of thiophene rings is 1. The van der Waals surface area contributed by atoms with Crippen molar-refractivity contribution < 1.29 is 14.3 Å². The molecule has 1 fully saturated rings. The SMILES string of the molecule is COC(=O)c1ccsc1Nc1ccnc(Nc2ccc(N3CCOCC3)cc2)n1. The number of carbonyl (C=O) groups is 1. The molecule has 0 saturated carbocycles. The second-order valence-corrected chi connectivity index (χ2v) is 7.23. The number of benzene rings is 1. The van der Waals surface area contributed by atoms with Crippen LogP contribution in [-0.2, 0) is 9.47 Å². The predicted octanol–water partition coefficient (Wildman–Crippen LogP) is 3.65. The first-order valence-corrected chi connectivity index (χ1v) is 10.1. The van der Waals surface area contributed by atoms with Crippen LogP contribution in [0.5, 0.6) is 0 Å². The molecule has 0 spiro atoms. The summed E-state index contributed by atoms with van der Waals surface area (Å²) in [5.41, 5.74) is 2.54. The highest BCUT2D eigenvalue weighted by molar-refractivity contribution is 7.14. The Labute approximate surface area is 172 Å². The molecule has 1 aromatic carbocycles. The molecule has 9 heteroatoms. The van der Waals surface area contributed by atoms with Gasteiger partial charge in [0.15, 0.2) is 0 Å². The van der Waals surface area contributed by atoms with E-state index in [4.69, 9.17) is 9.47 Å². The molecular weight excluding hydrogens is 390 g/mol. The first-order chi connectivity index (χ1) is 14.2. The summed E-state index contributed by atoms with van der Waals surface area (Å²) in [6.07, 6.45) is 1.66. The molecule has 3 aromatic rings. The van der Waals surface area contributed by atoms with E-state index in [-0.39, 0.29) is 5.97 Å². The minimum absolute atomic E-state index is 0.387. The number of ether oxygens (including phenoxy) is 2. The highest BCUT2D eigenvalue weighted by Crippen LogP contribution is 2.27. The zero-order chi connectivity index (χ0) is 20.1. The van der Waals surface area contributed by atoms with Gasteiger partial charge >= 0.3 is 5.97 Å². The summed E-state index contributed by atoms with van der Waals surface area (Å²) in [5.74, 6) is 0.659. The van der Waals surface area contributed by atoms with Gasteiger partial charge in [0, 0.05) is 30.7 Å². The summed E-state index contributed by atoms with van der Waals surface area (Å²) in [6, 6.07) is 11.6. The Balaban J connectivity index is 1.44. The molecule has 1 aliphatic rings. The van der Waals surface area contributed by atoms with Crippen molar-refractivity contribution >= 4 is 45.4 Å². The van der Waals surface area contributed by atoms with Gasteiger partial charge in [-0.15, -0.1) is 11.3 Å². The zero-order valence-corrected chi connectivity index (χ0v) is 16.7. The number of esters is 1. The molecule has 0 atom stereocenters. The van der Waals surface area contributed by atoms with Crippen molar-refractivity contribution in [1.82, 2.24) is 9.97 Å². The summed E-state index contributed by atoms with van der Waals surface area (Å²) in [7, 11) is 1.36. The average Bonchev–Trinajstić information content (AvgIpc) is 3.23. The van der Waals surface area contributed by atoms with Gasteiger partial charge < -0.3 is 25.0 Å². The van der Waals surface area contributed by atoms with Gasteiger partial charge in [0.05, 0.1) is 25.9 Å². The number of hydrogen-bond acceptors (Lipinski definition) is 9. The quantitative estimate of drug-likeness (QED) is 0.594. The van der Waals surface area contributed by atoms with Crippen molar-refractivity contribution in [3.63, 3.8) is 0 Å². The average molecular weight is 411 g/mol. The van der Waals surface area contributed by atoms with Gasteiger partial charge in [-0.2, -0.15) is 4.98 Å². The van der Waals surface area contributed by atoms with Crippen molar-refractivity contribution in [2.75, 3.05) is 48.9 Å². The van der Waals surface area contributed by atoms with Crippen LogP contribution >= 0.6 is 11.3 Å². The molecule has 0 aliphatic carbocycles. The van der Waals surface area contributed by atoms with E-state index >= 15 is 0 Å². The van der Waals surface area contributed by atoms with Crippen LogP contribution in [0.4, 0.5) is 28.1 Å². The fraction of sp³-hybridized carbons (Fsp3) is 0.250. The topological polar surface area (TPSA) is 88.6 Å². The minimum atomic E-state index is -0.387. The van der Waals surface area contributed by atoms with Crippen molar-refractivity contribution in [2.45, 2.75) is 0 Å². The van der Waals surface area contributed by atoms with Gasteiger partial charge in [-0.3, -0.25) is 0 Å². The number of hydrogen-bond donors (Lipinski definition) is 2. The van der Waals surface area contributed by atoms with Crippen molar-refractivity contribution in [1.29, 1.82) is 0 Å². The van der Waals surface area contributed by atoms with Crippen molar-refractivity contribution in [2.24, 2.45) is 0 Å². The van der Waals surface area contributed by atoms with Crippen molar-refractivity contribution in [3.8, 4) is 0 Å². The Hall–Kier alpha value is -3.17. The van der Waals surface area contributed by atoms with Crippen LogP contribution in [0.3, 0.4) is 0 Å². The normalized spacial score (nSPS) is 13.8. The third-order valence-corrected chi connectivity index (χ3v) is 5.30. The second-order valence-electron chi connectivity index (χ2n) is 6.32. The molecule has 1 aliphatic heterocycles. The number of anilines is 5. The molecule has 3 heterocycles. The largest absolute Gasteiger partial charge is 0.465 e. The minimum Gasteiger partial charge on any atom is -0.465 e. The lowest BCUT2D eigenvalue weighted by atomic mass is 10.2. The Kier molecular flexibility index (Phi) is 5.87. The van der Waals surface area contributed by atoms with Crippen molar-refractivity contribution in [3.05, 3.63) is 53.5 Å². The summed E-state index contributed by atoms with van der Waals surface area (Å²) >= 11 is 1.41. The Morgan fingerprint density at radius 3 is 2.69 bits per heavy atom. The maximum atomic E-state index is 11.8. The molecule has 0 amide bonds. The van der Waals surface area contributed by atoms with Crippen LogP contribution in [0.15, 0.2) is 48.0 Å². The zero-order valence-electron chi connectivity index (χ0n) is 15.9. The lowest BCUT2D eigenvalue weighted by Crippen LogP contribution is -2.36. The Morgan fingerprint density at radius 2 is 1.93 bits per heavy atom. The van der Waals surface area contributed by atoms with E-state index in [9.17, 15) is 4.79 Å². The number of aromatic nitrogens is 2. The molecule has 29 heavy (non-hydrogen) atoms. The number of nitrogens with one attached hydrogen (secondary N) is 2. The van der Waals surface area contributed by atoms with E-state index in [0.29, 0.717) is 22.3 Å². The third-order valence-electron chi connectivity index (χ3n) is 4.47. The van der Waals surface area contributed by atoms with Gasteiger partial charge in [0.25, 0.3) is 0 Å². The van der Waals surface area contributed by atoms with Gasteiger partial charge in [-0.1, -0.05) is 0 Å². The number of nitrogens with zero attached hydrogens (tertiary/aromatic N) is 3. The summed E-state index contributed by atoms with van der Waals surface area (Å²) < 4.78 is 10.2. The highest BCUT2D eigenvalue weighted by atomic mass is 32.1. The van der Waals surface area contributed by atoms with E-state index in [1.54, 1.807) is 18.3 Å². The molecule has 0 unspecified atom stereocenters. The van der Waals surface area contributed by atoms with Crippen LogP contribution in [0.25, 0.3) is 0 Å². The molecule has 4 rings (SSSR count). The fourth-order valence-electron chi connectivity index (χ4n) is 2.99. The standard InChI is InChI=1S/C20H21N5O3S/c1-27-19(26)16-7-13-29-18(16)23-17-6-8-21-20(24-17)22-14-2-4-15(5-3-14)25-9-11-28-12-10-25/h2-8,13H,9-12H2,1H3,(H2,21,22,23,24). The molecule has 0 bridgehead atoms. The number of rotatable bonds is 6. The van der Waals surface area contributed by atoms with E-state index in [0.717, 1.165) is 32.0 Å². The van der Waals surface area contributed by atoms with Crippen LogP contribution < -0.4 is 15.5 Å². The lowest BCUT2D eigenvalue weighted by Gasteiger charge is -2.28. The number of carbonyl (C=O) groups excluding carboxylic acids is 1.